The number of thioether (sulfide) groups is 1. The van der Waals surface area contributed by atoms with E-state index in [2.05, 4.69) is 0 Å². The van der Waals surface area contributed by atoms with Crippen LogP contribution in [0.15, 0.2) is 17.0 Å². The zero-order valence-corrected chi connectivity index (χ0v) is 13.8. The second-order valence-electron chi connectivity index (χ2n) is 4.01. The van der Waals surface area contributed by atoms with Crippen molar-refractivity contribution < 1.29 is 9.72 Å². The Kier molecular flexibility index (Phi) is 4.88. The summed E-state index contributed by atoms with van der Waals surface area (Å²) in [5, 5.41) is 11.1. The second kappa shape index (κ2) is 6.31. The molecule has 5 nitrogen and oxygen atoms in total. The number of thiocarbonyl (C=S) groups is 1. The average Bonchev–Trinajstić information content (AvgIpc) is 2.66. The summed E-state index contributed by atoms with van der Waals surface area (Å²) in [4.78, 5) is 24.2. The van der Waals surface area contributed by atoms with Gasteiger partial charge in [-0.15, -0.1) is 0 Å². The zero-order valence-electron chi connectivity index (χ0n) is 10.6. The number of nitro benzene ring substituents is 1. The molecule has 1 aliphatic rings. The lowest BCUT2D eigenvalue weighted by molar-refractivity contribution is -0.384. The van der Waals surface area contributed by atoms with E-state index in [1.54, 1.807) is 0 Å². The fourth-order valence-electron chi connectivity index (χ4n) is 1.72. The van der Waals surface area contributed by atoms with Crippen molar-refractivity contribution in [3.63, 3.8) is 0 Å². The highest BCUT2D eigenvalue weighted by molar-refractivity contribution is 8.26. The fourth-order valence-corrected chi connectivity index (χ4v) is 3.60. The molecule has 0 N–H and O–H groups in total. The van der Waals surface area contributed by atoms with E-state index >= 15 is 0 Å². The third-order valence-electron chi connectivity index (χ3n) is 2.74. The van der Waals surface area contributed by atoms with Crippen LogP contribution < -0.4 is 0 Å². The minimum absolute atomic E-state index is 0.0525. The van der Waals surface area contributed by atoms with Crippen molar-refractivity contribution in [1.82, 2.24) is 4.90 Å². The Hall–Kier alpha value is -1.15. The summed E-state index contributed by atoms with van der Waals surface area (Å²) in [7, 11) is 0. The first-order valence-corrected chi connectivity index (χ1v) is 7.72. The molecular weight excluding hydrogens is 355 g/mol. The molecule has 1 amide bonds. The molecule has 0 unspecified atom stereocenters. The van der Waals surface area contributed by atoms with Crippen molar-refractivity contribution in [3.8, 4) is 0 Å². The predicted molar refractivity (Wildman–Crippen MR) is 88.7 cm³/mol. The summed E-state index contributed by atoms with van der Waals surface area (Å²) in [6.07, 6.45) is 1.49. The van der Waals surface area contributed by atoms with Gasteiger partial charge in [-0.05, 0) is 19.1 Å². The van der Waals surface area contributed by atoms with E-state index in [9.17, 15) is 14.9 Å². The number of benzene rings is 1. The number of halogens is 2. The Morgan fingerprint density at radius 3 is 2.62 bits per heavy atom. The smallest absolute Gasteiger partial charge is 0.288 e. The molecule has 0 aliphatic carbocycles. The molecule has 0 saturated carbocycles. The van der Waals surface area contributed by atoms with Gasteiger partial charge in [0.1, 0.15) is 9.34 Å². The van der Waals surface area contributed by atoms with Crippen LogP contribution in [-0.2, 0) is 4.79 Å². The summed E-state index contributed by atoms with van der Waals surface area (Å²) in [5.41, 5.74) is 0.0858. The SMILES string of the molecule is CCN1C(=O)/C(=C\c2cc([N+](=O)[O-])c(Cl)cc2Cl)SC1=S. The maximum Gasteiger partial charge on any atom is 0.288 e. The Balaban J connectivity index is 2.47. The Morgan fingerprint density at radius 1 is 1.43 bits per heavy atom. The van der Waals surface area contributed by atoms with Crippen molar-refractivity contribution in [1.29, 1.82) is 0 Å². The van der Waals surface area contributed by atoms with Gasteiger partial charge in [-0.1, -0.05) is 47.2 Å². The number of carbonyl (C=O) groups is 1. The second-order valence-corrected chi connectivity index (χ2v) is 6.50. The minimum Gasteiger partial charge on any atom is -0.293 e. The highest BCUT2D eigenvalue weighted by Gasteiger charge is 2.31. The molecule has 1 aromatic carbocycles. The highest BCUT2D eigenvalue weighted by Crippen LogP contribution is 2.36. The van der Waals surface area contributed by atoms with Crippen molar-refractivity contribution in [2.75, 3.05) is 6.54 Å². The molecule has 0 spiro atoms. The van der Waals surface area contributed by atoms with Gasteiger partial charge in [0.2, 0.25) is 0 Å². The van der Waals surface area contributed by atoms with E-state index in [1.807, 2.05) is 6.92 Å². The van der Waals surface area contributed by atoms with Crippen LogP contribution in [0, 0.1) is 10.1 Å². The maximum atomic E-state index is 12.1. The molecular formula is C12H8Cl2N2O3S2. The van der Waals surface area contributed by atoms with E-state index in [0.29, 0.717) is 21.3 Å². The van der Waals surface area contributed by atoms with E-state index in [0.717, 1.165) is 11.8 Å². The minimum atomic E-state index is -0.604. The molecule has 110 valence electrons. The number of nitrogens with zero attached hydrogens (tertiary/aromatic N) is 2. The molecule has 0 atom stereocenters. The Bertz CT molecular complexity index is 691. The molecule has 0 aromatic heterocycles. The molecule has 1 aromatic rings. The van der Waals surface area contributed by atoms with Crippen LogP contribution in [0.25, 0.3) is 6.08 Å². The van der Waals surface area contributed by atoms with Gasteiger partial charge < -0.3 is 0 Å². The highest BCUT2D eigenvalue weighted by atomic mass is 35.5. The summed E-state index contributed by atoms with van der Waals surface area (Å²) in [6.45, 7) is 2.28. The summed E-state index contributed by atoms with van der Waals surface area (Å²) >= 11 is 18.0. The summed E-state index contributed by atoms with van der Waals surface area (Å²) in [6, 6.07) is 2.52. The van der Waals surface area contributed by atoms with Gasteiger partial charge in [-0.25, -0.2) is 0 Å². The van der Waals surface area contributed by atoms with Crippen molar-refractivity contribution >= 4 is 69.2 Å². The lowest BCUT2D eigenvalue weighted by Crippen LogP contribution is -2.27. The number of carbonyl (C=O) groups excluding carboxylic acids is 1. The quantitative estimate of drug-likeness (QED) is 0.350. The van der Waals surface area contributed by atoms with Crippen LogP contribution in [0.2, 0.25) is 10.0 Å². The first-order chi connectivity index (χ1) is 9.85. The van der Waals surface area contributed by atoms with Gasteiger partial charge in [-0.2, -0.15) is 0 Å². The van der Waals surface area contributed by atoms with E-state index in [-0.39, 0.29) is 21.6 Å². The van der Waals surface area contributed by atoms with Gasteiger partial charge in [-0.3, -0.25) is 19.8 Å². The summed E-state index contributed by atoms with van der Waals surface area (Å²) < 4.78 is 0.452. The lowest BCUT2D eigenvalue weighted by atomic mass is 10.2. The zero-order chi connectivity index (χ0) is 15.7. The predicted octanol–water partition coefficient (Wildman–Crippen LogP) is 4.12. The number of hydrogen-bond acceptors (Lipinski definition) is 5. The van der Waals surface area contributed by atoms with Crippen LogP contribution >= 0.6 is 47.2 Å². The van der Waals surface area contributed by atoms with Crippen molar-refractivity contribution in [2.45, 2.75) is 6.92 Å². The van der Waals surface area contributed by atoms with Crippen LogP contribution in [-0.4, -0.2) is 26.6 Å². The van der Waals surface area contributed by atoms with Gasteiger partial charge >= 0.3 is 0 Å². The monoisotopic (exact) mass is 362 g/mol. The van der Waals surface area contributed by atoms with Crippen molar-refractivity contribution in [3.05, 3.63) is 42.8 Å². The standard InChI is InChI=1S/C12H8Cl2N2O3S2/c1-2-15-11(17)10(21-12(15)20)4-6-3-9(16(18)19)8(14)5-7(6)13/h3-5H,2H2,1H3/b10-4+. The third kappa shape index (κ3) is 3.21. The number of likely N-dealkylation sites (N-methyl/N-ethyl adjacent to an activating group) is 1. The van der Waals surface area contributed by atoms with Crippen LogP contribution in [0.1, 0.15) is 12.5 Å². The van der Waals surface area contributed by atoms with Crippen LogP contribution in [0.4, 0.5) is 5.69 Å². The average molecular weight is 363 g/mol. The maximum absolute atomic E-state index is 12.1. The largest absolute Gasteiger partial charge is 0.293 e. The molecule has 1 aliphatic heterocycles. The molecule has 1 heterocycles. The molecule has 9 heteroatoms. The van der Waals surface area contributed by atoms with Crippen LogP contribution in [0.5, 0.6) is 0 Å². The van der Waals surface area contributed by atoms with E-state index in [4.69, 9.17) is 35.4 Å². The molecule has 0 bridgehead atoms. The van der Waals surface area contributed by atoms with Crippen molar-refractivity contribution in [2.24, 2.45) is 0 Å². The number of rotatable bonds is 3. The van der Waals surface area contributed by atoms with Gasteiger partial charge in [0.25, 0.3) is 11.6 Å². The van der Waals surface area contributed by atoms with E-state index in [1.165, 1.54) is 23.1 Å². The summed E-state index contributed by atoms with van der Waals surface area (Å²) in [5.74, 6) is -0.235. The molecule has 1 fully saturated rings. The Labute approximate surface area is 140 Å². The van der Waals surface area contributed by atoms with Crippen LogP contribution in [0.3, 0.4) is 0 Å². The van der Waals surface area contributed by atoms with Gasteiger partial charge in [0, 0.05) is 23.2 Å². The van der Waals surface area contributed by atoms with Gasteiger partial charge in [0.05, 0.1) is 9.83 Å². The molecule has 2 rings (SSSR count). The molecule has 0 radical (unpaired) electrons. The topological polar surface area (TPSA) is 63.5 Å². The normalized spacial score (nSPS) is 16.9. The number of amides is 1. The number of hydrogen-bond donors (Lipinski definition) is 0. The Morgan fingerprint density at radius 2 is 2.10 bits per heavy atom. The number of nitro groups is 1. The third-order valence-corrected chi connectivity index (χ3v) is 4.75. The first-order valence-electron chi connectivity index (χ1n) is 5.74. The lowest BCUT2D eigenvalue weighted by Gasteiger charge is -2.09. The molecule has 1 saturated heterocycles. The first kappa shape index (κ1) is 16.2. The fraction of sp³-hybridized carbons (Fsp3) is 0.167. The van der Waals surface area contributed by atoms with Gasteiger partial charge in [0.15, 0.2) is 0 Å². The van der Waals surface area contributed by atoms with E-state index < -0.39 is 4.92 Å². The molecule has 21 heavy (non-hydrogen) atoms.